The summed E-state index contributed by atoms with van der Waals surface area (Å²) in [6, 6.07) is 4.72. The van der Waals surface area contributed by atoms with E-state index in [1.54, 1.807) is 12.1 Å². The summed E-state index contributed by atoms with van der Waals surface area (Å²) in [5, 5.41) is 0.200. The first kappa shape index (κ1) is 15.6. The number of para-hydroxylation sites is 1. The highest BCUT2D eigenvalue weighted by Gasteiger charge is 2.24. The molecule has 2 aromatic rings. The second-order valence-corrected chi connectivity index (χ2v) is 4.32. The summed E-state index contributed by atoms with van der Waals surface area (Å²) >= 11 is 0. The van der Waals surface area contributed by atoms with Crippen molar-refractivity contribution in [2.24, 2.45) is 0 Å². The van der Waals surface area contributed by atoms with Crippen LogP contribution in [0.15, 0.2) is 27.4 Å². The van der Waals surface area contributed by atoms with Gasteiger partial charge in [-0.1, -0.05) is 6.07 Å². The topological polar surface area (TPSA) is 92.0 Å². The largest absolute Gasteiger partial charge is 0.493 e. The van der Waals surface area contributed by atoms with Crippen LogP contribution in [0.3, 0.4) is 0 Å². The second-order valence-electron chi connectivity index (χ2n) is 4.32. The van der Waals surface area contributed by atoms with E-state index < -0.39 is 23.8 Å². The van der Waals surface area contributed by atoms with Crippen LogP contribution in [0.5, 0.6) is 5.75 Å². The molecule has 1 heterocycles. The first-order chi connectivity index (χ1) is 10.5. The van der Waals surface area contributed by atoms with Crippen molar-refractivity contribution in [1.29, 1.82) is 0 Å². The van der Waals surface area contributed by atoms with E-state index in [-0.39, 0.29) is 22.3 Å². The van der Waals surface area contributed by atoms with Crippen molar-refractivity contribution in [2.75, 3.05) is 21.3 Å². The van der Waals surface area contributed by atoms with E-state index in [2.05, 4.69) is 9.47 Å². The van der Waals surface area contributed by atoms with Crippen molar-refractivity contribution < 1.29 is 28.2 Å². The second kappa shape index (κ2) is 6.30. The van der Waals surface area contributed by atoms with Gasteiger partial charge in [0.1, 0.15) is 0 Å². The Hall–Kier alpha value is -2.83. The van der Waals surface area contributed by atoms with Crippen LogP contribution < -0.4 is 10.2 Å². The molecule has 0 aliphatic heterocycles. The molecule has 116 valence electrons. The van der Waals surface area contributed by atoms with Crippen LogP contribution in [0.4, 0.5) is 0 Å². The number of hydrogen-bond donors (Lipinski definition) is 0. The fourth-order valence-corrected chi connectivity index (χ4v) is 2.02. The van der Waals surface area contributed by atoms with E-state index in [9.17, 15) is 14.4 Å². The monoisotopic (exact) mass is 306 g/mol. The van der Waals surface area contributed by atoms with E-state index in [0.29, 0.717) is 5.75 Å². The molecular formula is C15H14O7. The van der Waals surface area contributed by atoms with Crippen LogP contribution in [-0.2, 0) is 20.7 Å². The van der Waals surface area contributed by atoms with E-state index in [1.807, 2.05) is 0 Å². The zero-order valence-electron chi connectivity index (χ0n) is 12.3. The number of carbonyl (C=O) groups excluding carboxylic acids is 2. The summed E-state index contributed by atoms with van der Waals surface area (Å²) < 4.78 is 19.7. The molecule has 7 heteroatoms. The summed E-state index contributed by atoms with van der Waals surface area (Å²) in [5.74, 6) is -1.57. The average molecular weight is 306 g/mol. The number of fused-ring (bicyclic) bond motifs is 1. The van der Waals surface area contributed by atoms with Gasteiger partial charge in [0.05, 0.1) is 38.7 Å². The van der Waals surface area contributed by atoms with E-state index in [4.69, 9.17) is 9.15 Å². The zero-order chi connectivity index (χ0) is 16.3. The maximum absolute atomic E-state index is 12.6. The molecule has 0 radical (unpaired) electrons. The Morgan fingerprint density at radius 1 is 1.14 bits per heavy atom. The van der Waals surface area contributed by atoms with Gasteiger partial charge in [-0.05, 0) is 12.1 Å². The molecular weight excluding hydrogens is 292 g/mol. The Bertz CT molecular complexity index is 788. The Kier molecular flexibility index (Phi) is 4.45. The third-order valence-electron chi connectivity index (χ3n) is 3.12. The predicted octanol–water partition coefficient (Wildman–Crippen LogP) is 1.30. The SMILES string of the molecule is COC(=O)Cc1c(C(=O)OC)oc2c(OC)cccc2c1=O. The number of rotatable bonds is 4. The van der Waals surface area contributed by atoms with Gasteiger partial charge in [-0.15, -0.1) is 0 Å². The van der Waals surface area contributed by atoms with E-state index in [1.165, 1.54) is 20.3 Å². The van der Waals surface area contributed by atoms with Crippen molar-refractivity contribution in [3.05, 3.63) is 39.7 Å². The molecule has 0 N–H and O–H groups in total. The molecule has 0 saturated heterocycles. The molecule has 0 saturated carbocycles. The van der Waals surface area contributed by atoms with Gasteiger partial charge in [-0.2, -0.15) is 0 Å². The molecule has 0 spiro atoms. The maximum Gasteiger partial charge on any atom is 0.374 e. The first-order valence-electron chi connectivity index (χ1n) is 6.31. The molecule has 2 rings (SSSR count). The van der Waals surface area contributed by atoms with Crippen LogP contribution in [0, 0.1) is 0 Å². The minimum atomic E-state index is -0.858. The van der Waals surface area contributed by atoms with Crippen molar-refractivity contribution in [2.45, 2.75) is 6.42 Å². The molecule has 0 fully saturated rings. The zero-order valence-corrected chi connectivity index (χ0v) is 12.3. The summed E-state index contributed by atoms with van der Waals surface area (Å²) in [6.45, 7) is 0. The van der Waals surface area contributed by atoms with Crippen molar-refractivity contribution in [3.63, 3.8) is 0 Å². The lowest BCUT2D eigenvalue weighted by Crippen LogP contribution is -2.21. The molecule has 0 atom stereocenters. The van der Waals surface area contributed by atoms with Gasteiger partial charge in [0.2, 0.25) is 5.76 Å². The Balaban J connectivity index is 2.81. The number of carbonyl (C=O) groups is 2. The van der Waals surface area contributed by atoms with Crippen LogP contribution in [0.2, 0.25) is 0 Å². The summed E-state index contributed by atoms with van der Waals surface area (Å²) in [4.78, 5) is 35.9. The van der Waals surface area contributed by atoms with Crippen LogP contribution in [0.25, 0.3) is 11.0 Å². The minimum Gasteiger partial charge on any atom is -0.493 e. The molecule has 0 bridgehead atoms. The fraction of sp³-hybridized carbons (Fsp3) is 0.267. The number of hydrogen-bond acceptors (Lipinski definition) is 7. The van der Waals surface area contributed by atoms with Crippen LogP contribution in [0.1, 0.15) is 16.1 Å². The van der Waals surface area contributed by atoms with Crippen LogP contribution in [-0.4, -0.2) is 33.3 Å². The first-order valence-corrected chi connectivity index (χ1v) is 6.31. The minimum absolute atomic E-state index is 0.112. The number of methoxy groups -OCH3 is 3. The smallest absolute Gasteiger partial charge is 0.374 e. The number of ether oxygens (including phenoxy) is 3. The van der Waals surface area contributed by atoms with Gasteiger partial charge in [0.25, 0.3) is 0 Å². The summed E-state index contributed by atoms with van der Waals surface area (Å²) in [6.07, 6.45) is -0.392. The lowest BCUT2D eigenvalue weighted by Gasteiger charge is -2.09. The lowest BCUT2D eigenvalue weighted by atomic mass is 10.1. The Labute approximate surface area is 125 Å². The molecule has 22 heavy (non-hydrogen) atoms. The quantitative estimate of drug-likeness (QED) is 0.786. The standard InChI is InChI=1S/C15H14O7/c1-19-10-6-4-5-8-12(17)9(7-11(16)20-2)14(15(18)21-3)22-13(8)10/h4-6H,7H2,1-3H3. The van der Waals surface area contributed by atoms with Gasteiger partial charge in [0, 0.05) is 0 Å². The highest BCUT2D eigenvalue weighted by molar-refractivity contribution is 5.93. The molecule has 0 aliphatic carbocycles. The van der Waals surface area contributed by atoms with Gasteiger partial charge in [0.15, 0.2) is 16.8 Å². The third kappa shape index (κ3) is 2.65. The highest BCUT2D eigenvalue weighted by Crippen LogP contribution is 2.26. The third-order valence-corrected chi connectivity index (χ3v) is 3.12. The Morgan fingerprint density at radius 2 is 1.86 bits per heavy atom. The summed E-state index contributed by atoms with van der Waals surface area (Å²) in [5.41, 5.74) is -0.505. The molecule has 1 aromatic heterocycles. The van der Waals surface area contributed by atoms with Gasteiger partial charge in [-0.25, -0.2) is 4.79 Å². The molecule has 0 unspecified atom stereocenters. The van der Waals surface area contributed by atoms with Crippen LogP contribution >= 0.6 is 0 Å². The number of esters is 2. The van der Waals surface area contributed by atoms with E-state index >= 15 is 0 Å². The Morgan fingerprint density at radius 3 is 2.45 bits per heavy atom. The normalized spacial score (nSPS) is 10.3. The summed E-state index contributed by atoms with van der Waals surface area (Å²) in [7, 11) is 3.75. The average Bonchev–Trinajstić information content (AvgIpc) is 2.55. The van der Waals surface area contributed by atoms with Gasteiger partial charge in [-0.3, -0.25) is 9.59 Å². The van der Waals surface area contributed by atoms with E-state index in [0.717, 1.165) is 7.11 Å². The van der Waals surface area contributed by atoms with Gasteiger partial charge >= 0.3 is 11.9 Å². The highest BCUT2D eigenvalue weighted by atomic mass is 16.5. The fourth-order valence-electron chi connectivity index (χ4n) is 2.02. The molecule has 0 amide bonds. The number of benzene rings is 1. The predicted molar refractivity (Wildman–Crippen MR) is 76.1 cm³/mol. The maximum atomic E-state index is 12.6. The van der Waals surface area contributed by atoms with Crippen molar-refractivity contribution >= 4 is 22.9 Å². The molecule has 1 aromatic carbocycles. The molecule has 0 aliphatic rings. The molecule has 7 nitrogen and oxygen atoms in total. The van der Waals surface area contributed by atoms with Crippen molar-refractivity contribution in [1.82, 2.24) is 0 Å². The van der Waals surface area contributed by atoms with Crippen molar-refractivity contribution in [3.8, 4) is 5.75 Å². The van der Waals surface area contributed by atoms with Gasteiger partial charge < -0.3 is 18.6 Å². The lowest BCUT2D eigenvalue weighted by molar-refractivity contribution is -0.139.